The molecule has 1 atom stereocenters. The number of fused-ring (bicyclic) bond motifs is 1. The van der Waals surface area contributed by atoms with Gasteiger partial charge < -0.3 is 15.0 Å². The van der Waals surface area contributed by atoms with E-state index in [0.717, 1.165) is 5.56 Å². The predicted molar refractivity (Wildman–Crippen MR) is 111 cm³/mol. The molecule has 1 aliphatic rings. The fourth-order valence-corrected chi connectivity index (χ4v) is 3.49. The smallest absolute Gasteiger partial charge is 0.270 e. The van der Waals surface area contributed by atoms with Crippen LogP contribution < -0.4 is 10.1 Å². The predicted octanol–water partition coefficient (Wildman–Crippen LogP) is 2.96. The number of nitrogens with zero attached hydrogens (tertiary/aromatic N) is 2. The summed E-state index contributed by atoms with van der Waals surface area (Å²) in [7, 11) is 0. The molecule has 0 spiro atoms. The normalized spacial score (nSPS) is 14.5. The molecule has 1 N–H and O–H groups in total. The lowest BCUT2D eigenvalue weighted by Crippen LogP contribution is -2.51. The van der Waals surface area contributed by atoms with E-state index in [-0.39, 0.29) is 36.4 Å². The Balaban J connectivity index is 1.90. The van der Waals surface area contributed by atoms with Gasteiger partial charge in [-0.2, -0.15) is 0 Å². The minimum atomic E-state index is -0.714. The lowest BCUT2D eigenvalue weighted by molar-refractivity contribution is -0.384. The Bertz CT molecular complexity index is 930. The molecule has 8 heteroatoms. The van der Waals surface area contributed by atoms with Crippen molar-refractivity contribution in [2.45, 2.75) is 38.8 Å². The van der Waals surface area contributed by atoms with E-state index in [1.54, 1.807) is 0 Å². The second-order valence-electron chi connectivity index (χ2n) is 7.49. The van der Waals surface area contributed by atoms with Crippen LogP contribution in [0.15, 0.2) is 48.5 Å². The fourth-order valence-electron chi connectivity index (χ4n) is 3.49. The van der Waals surface area contributed by atoms with Crippen LogP contribution in [-0.4, -0.2) is 46.9 Å². The molecule has 1 aliphatic heterocycles. The molecule has 0 fully saturated rings. The summed E-state index contributed by atoms with van der Waals surface area (Å²) >= 11 is 0. The van der Waals surface area contributed by atoms with Crippen molar-refractivity contribution in [3.05, 3.63) is 69.8 Å². The van der Waals surface area contributed by atoms with Gasteiger partial charge in [-0.25, -0.2) is 0 Å². The zero-order valence-corrected chi connectivity index (χ0v) is 17.0. The summed E-state index contributed by atoms with van der Waals surface area (Å²) in [5.41, 5.74) is 0.971. The molecule has 2 aromatic carbocycles. The fraction of sp³-hybridized carbons (Fsp3) is 0.364. The molecular formula is C22H25N3O5. The summed E-state index contributed by atoms with van der Waals surface area (Å²) in [4.78, 5) is 38.3. The molecule has 0 aromatic heterocycles. The standard InChI is InChI=1S/C22H25N3O5/c1-15(2)23-21(26)19(10-8-16-6-4-3-5-7-16)24-12-13-30-20-11-9-17(25(28)29)14-18(20)22(24)27/h3-7,9,11,14-15,19H,8,10,12-13H2,1-2H3,(H,23,26). The van der Waals surface area contributed by atoms with Crippen molar-refractivity contribution in [2.24, 2.45) is 0 Å². The van der Waals surface area contributed by atoms with Gasteiger partial charge in [-0.3, -0.25) is 19.7 Å². The van der Waals surface area contributed by atoms with Gasteiger partial charge in [-0.1, -0.05) is 30.3 Å². The van der Waals surface area contributed by atoms with Crippen LogP contribution in [0.2, 0.25) is 0 Å². The number of rotatable bonds is 7. The average molecular weight is 411 g/mol. The maximum absolute atomic E-state index is 13.3. The van der Waals surface area contributed by atoms with Gasteiger partial charge in [-0.05, 0) is 38.3 Å². The quantitative estimate of drug-likeness (QED) is 0.557. The van der Waals surface area contributed by atoms with Crippen LogP contribution in [-0.2, 0) is 11.2 Å². The monoisotopic (exact) mass is 411 g/mol. The zero-order chi connectivity index (χ0) is 21.7. The molecule has 0 saturated heterocycles. The second-order valence-corrected chi connectivity index (χ2v) is 7.49. The van der Waals surface area contributed by atoms with E-state index >= 15 is 0 Å². The van der Waals surface area contributed by atoms with Crippen LogP contribution in [0.4, 0.5) is 5.69 Å². The van der Waals surface area contributed by atoms with Gasteiger partial charge in [0.25, 0.3) is 11.6 Å². The number of carbonyl (C=O) groups excluding carboxylic acids is 2. The molecule has 1 unspecified atom stereocenters. The lowest BCUT2D eigenvalue weighted by Gasteiger charge is -2.30. The van der Waals surface area contributed by atoms with Gasteiger partial charge >= 0.3 is 0 Å². The Morgan fingerprint density at radius 1 is 1.23 bits per heavy atom. The van der Waals surface area contributed by atoms with Gasteiger partial charge in [-0.15, -0.1) is 0 Å². The minimum absolute atomic E-state index is 0.0802. The Kier molecular flexibility index (Phi) is 6.66. The molecule has 0 saturated carbocycles. The molecular weight excluding hydrogens is 386 g/mol. The van der Waals surface area contributed by atoms with Crippen molar-refractivity contribution in [1.82, 2.24) is 10.2 Å². The number of hydrogen-bond acceptors (Lipinski definition) is 5. The van der Waals surface area contributed by atoms with Gasteiger partial charge in [0.1, 0.15) is 18.4 Å². The highest BCUT2D eigenvalue weighted by Gasteiger charge is 2.34. The van der Waals surface area contributed by atoms with Crippen LogP contribution in [0.1, 0.15) is 36.2 Å². The maximum Gasteiger partial charge on any atom is 0.270 e. The number of benzene rings is 2. The average Bonchev–Trinajstić information content (AvgIpc) is 2.87. The molecule has 1 heterocycles. The highest BCUT2D eigenvalue weighted by Crippen LogP contribution is 2.29. The molecule has 0 bridgehead atoms. The van der Waals surface area contributed by atoms with Crippen molar-refractivity contribution in [3.63, 3.8) is 0 Å². The van der Waals surface area contributed by atoms with E-state index in [4.69, 9.17) is 4.74 Å². The Hall–Kier alpha value is -3.42. The SMILES string of the molecule is CC(C)NC(=O)C(CCc1ccccc1)N1CCOc2ccc([N+](=O)[O-])cc2C1=O. The number of amides is 2. The van der Waals surface area contributed by atoms with Crippen molar-refractivity contribution < 1.29 is 19.2 Å². The van der Waals surface area contributed by atoms with E-state index in [0.29, 0.717) is 18.6 Å². The first-order valence-corrected chi connectivity index (χ1v) is 9.93. The first-order chi connectivity index (χ1) is 14.4. The van der Waals surface area contributed by atoms with Gasteiger partial charge in [0.05, 0.1) is 17.0 Å². The van der Waals surface area contributed by atoms with E-state index in [9.17, 15) is 19.7 Å². The Labute approximate surface area is 175 Å². The number of nitro benzene ring substituents is 1. The molecule has 30 heavy (non-hydrogen) atoms. The number of carbonyl (C=O) groups is 2. The third-order valence-electron chi connectivity index (χ3n) is 4.91. The summed E-state index contributed by atoms with van der Waals surface area (Å²) in [5, 5.41) is 14.0. The molecule has 2 amide bonds. The lowest BCUT2D eigenvalue weighted by atomic mass is 10.0. The van der Waals surface area contributed by atoms with Crippen molar-refractivity contribution in [2.75, 3.05) is 13.2 Å². The summed E-state index contributed by atoms with van der Waals surface area (Å²) in [6.45, 7) is 4.13. The molecule has 0 radical (unpaired) electrons. The number of hydrogen-bond donors (Lipinski definition) is 1. The van der Waals surface area contributed by atoms with Crippen LogP contribution >= 0.6 is 0 Å². The number of nitrogens with one attached hydrogen (secondary N) is 1. The number of ether oxygens (including phenoxy) is 1. The zero-order valence-electron chi connectivity index (χ0n) is 17.0. The van der Waals surface area contributed by atoms with Crippen LogP contribution in [0.25, 0.3) is 0 Å². The number of aryl methyl sites for hydroxylation is 1. The number of nitro groups is 1. The van der Waals surface area contributed by atoms with Crippen molar-refractivity contribution >= 4 is 17.5 Å². The van der Waals surface area contributed by atoms with Crippen molar-refractivity contribution in [1.29, 1.82) is 0 Å². The summed E-state index contributed by atoms with van der Waals surface area (Å²) < 4.78 is 5.64. The maximum atomic E-state index is 13.3. The van der Waals surface area contributed by atoms with Gasteiger partial charge in [0, 0.05) is 18.2 Å². The largest absolute Gasteiger partial charge is 0.491 e. The van der Waals surface area contributed by atoms with Crippen LogP contribution in [0.5, 0.6) is 5.75 Å². The van der Waals surface area contributed by atoms with E-state index in [1.807, 2.05) is 44.2 Å². The first-order valence-electron chi connectivity index (χ1n) is 9.93. The Morgan fingerprint density at radius 2 is 1.97 bits per heavy atom. The number of non-ortho nitro benzene ring substituents is 1. The molecule has 3 rings (SSSR count). The minimum Gasteiger partial charge on any atom is -0.491 e. The highest BCUT2D eigenvalue weighted by molar-refractivity contribution is 6.00. The van der Waals surface area contributed by atoms with E-state index < -0.39 is 16.9 Å². The van der Waals surface area contributed by atoms with Gasteiger partial charge in [0.15, 0.2) is 0 Å². The topological polar surface area (TPSA) is 102 Å². The molecule has 2 aromatic rings. The third-order valence-corrected chi connectivity index (χ3v) is 4.91. The Morgan fingerprint density at radius 3 is 2.63 bits per heavy atom. The molecule has 8 nitrogen and oxygen atoms in total. The summed E-state index contributed by atoms with van der Waals surface area (Å²) in [6, 6.07) is 12.9. The van der Waals surface area contributed by atoms with Crippen molar-refractivity contribution in [3.8, 4) is 5.75 Å². The highest BCUT2D eigenvalue weighted by atomic mass is 16.6. The second kappa shape index (κ2) is 9.39. The van der Waals surface area contributed by atoms with E-state index in [1.165, 1.54) is 23.1 Å². The van der Waals surface area contributed by atoms with Crippen LogP contribution in [0, 0.1) is 10.1 Å². The molecule has 158 valence electrons. The first kappa shape index (κ1) is 21.3. The summed E-state index contributed by atoms with van der Waals surface area (Å²) in [5.74, 6) is -0.398. The van der Waals surface area contributed by atoms with Gasteiger partial charge in [0.2, 0.25) is 5.91 Å². The molecule has 0 aliphatic carbocycles. The third kappa shape index (κ3) is 4.94. The summed E-state index contributed by atoms with van der Waals surface area (Å²) in [6.07, 6.45) is 1.04. The van der Waals surface area contributed by atoms with E-state index in [2.05, 4.69) is 5.32 Å². The van der Waals surface area contributed by atoms with Crippen LogP contribution in [0.3, 0.4) is 0 Å².